The van der Waals surface area contributed by atoms with E-state index in [2.05, 4.69) is 13.8 Å². The molecular formula is C17H23N3O4. The summed E-state index contributed by atoms with van der Waals surface area (Å²) in [5.41, 5.74) is 0.394. The van der Waals surface area contributed by atoms with Crippen molar-refractivity contribution in [3.63, 3.8) is 0 Å². The van der Waals surface area contributed by atoms with Crippen LogP contribution in [0.3, 0.4) is 0 Å². The van der Waals surface area contributed by atoms with Gasteiger partial charge in [0.15, 0.2) is 0 Å². The van der Waals surface area contributed by atoms with Gasteiger partial charge in [-0.2, -0.15) is 0 Å². The zero-order valence-corrected chi connectivity index (χ0v) is 14.3. The fraction of sp³-hybridized carbons (Fsp3) is 0.588. The second-order valence-corrected chi connectivity index (χ2v) is 6.87. The number of hydrogen-bond donors (Lipinski definition) is 0. The maximum atomic E-state index is 12.8. The molecule has 1 aromatic heterocycles. The molecular weight excluding hydrogens is 310 g/mol. The van der Waals surface area contributed by atoms with Crippen LogP contribution in [0.25, 0.3) is 0 Å². The van der Waals surface area contributed by atoms with Gasteiger partial charge in [0, 0.05) is 19.6 Å². The van der Waals surface area contributed by atoms with E-state index in [9.17, 15) is 14.4 Å². The summed E-state index contributed by atoms with van der Waals surface area (Å²) in [4.78, 5) is 43.0. The Morgan fingerprint density at radius 3 is 2.67 bits per heavy atom. The van der Waals surface area contributed by atoms with Gasteiger partial charge in [0.25, 0.3) is 5.91 Å². The number of nitrogens with zero attached hydrogens (tertiary/aromatic N) is 3. The molecule has 0 unspecified atom stereocenters. The molecule has 0 aliphatic carbocycles. The smallest absolute Gasteiger partial charge is 0.257 e. The Kier molecular flexibility index (Phi) is 4.34. The first-order valence-corrected chi connectivity index (χ1v) is 8.32. The first-order chi connectivity index (χ1) is 11.4. The lowest BCUT2D eigenvalue weighted by Gasteiger charge is -2.48. The first-order valence-electron chi connectivity index (χ1n) is 8.32. The van der Waals surface area contributed by atoms with Gasteiger partial charge in [0.1, 0.15) is 18.3 Å². The Morgan fingerprint density at radius 2 is 2.04 bits per heavy atom. The average Bonchev–Trinajstić information content (AvgIpc) is 3.07. The Morgan fingerprint density at radius 1 is 1.29 bits per heavy atom. The largest absolute Gasteiger partial charge is 0.472 e. The standard InChI is InChI=1S/C17H23N3O4/c1-11(2)8-18-5-6-19-14(17(18)23)9-20(12(3)15(19)21)16(22)13-4-7-24-10-13/h4,7,10-12,14H,5-6,8-9H2,1-3H3/t12-,14-/m0/s1. The highest BCUT2D eigenvalue weighted by Crippen LogP contribution is 2.24. The summed E-state index contributed by atoms with van der Waals surface area (Å²) in [6.45, 7) is 7.81. The molecule has 24 heavy (non-hydrogen) atoms. The van der Waals surface area contributed by atoms with Gasteiger partial charge in [-0.15, -0.1) is 0 Å². The summed E-state index contributed by atoms with van der Waals surface area (Å²) in [7, 11) is 0. The third-order valence-electron chi connectivity index (χ3n) is 4.68. The molecule has 7 nitrogen and oxygen atoms in total. The van der Waals surface area contributed by atoms with E-state index in [1.807, 2.05) is 0 Å². The van der Waals surface area contributed by atoms with Crippen LogP contribution in [-0.2, 0) is 9.59 Å². The SMILES string of the molecule is CC(C)CN1CCN2C(=O)[C@H](C)N(C(=O)c3ccoc3)C[C@H]2C1=O. The summed E-state index contributed by atoms with van der Waals surface area (Å²) in [5, 5.41) is 0. The van der Waals surface area contributed by atoms with E-state index in [0.29, 0.717) is 31.1 Å². The number of piperazine rings is 2. The van der Waals surface area contributed by atoms with Crippen molar-refractivity contribution >= 4 is 17.7 Å². The van der Waals surface area contributed by atoms with Crippen molar-refractivity contribution in [2.24, 2.45) is 5.92 Å². The topological polar surface area (TPSA) is 74.1 Å². The third-order valence-corrected chi connectivity index (χ3v) is 4.68. The summed E-state index contributed by atoms with van der Waals surface area (Å²) >= 11 is 0. The Bertz CT molecular complexity index is 640. The summed E-state index contributed by atoms with van der Waals surface area (Å²) in [5.74, 6) is -0.152. The molecule has 2 fully saturated rings. The van der Waals surface area contributed by atoms with Crippen LogP contribution in [0.15, 0.2) is 23.0 Å². The van der Waals surface area contributed by atoms with Crippen molar-refractivity contribution in [2.45, 2.75) is 32.9 Å². The first kappa shape index (κ1) is 16.5. The molecule has 3 amide bonds. The Labute approximate surface area is 141 Å². The van der Waals surface area contributed by atoms with Gasteiger partial charge in [0.2, 0.25) is 11.8 Å². The molecule has 0 radical (unpaired) electrons. The molecule has 2 aliphatic rings. The van der Waals surface area contributed by atoms with Crippen molar-refractivity contribution in [3.8, 4) is 0 Å². The highest BCUT2D eigenvalue weighted by atomic mass is 16.3. The van der Waals surface area contributed by atoms with Gasteiger partial charge in [0.05, 0.1) is 18.4 Å². The summed E-state index contributed by atoms with van der Waals surface area (Å²) in [6.07, 6.45) is 2.78. The van der Waals surface area contributed by atoms with Gasteiger partial charge in [-0.05, 0) is 18.9 Å². The Balaban J connectivity index is 1.82. The van der Waals surface area contributed by atoms with E-state index in [1.54, 1.807) is 22.8 Å². The second-order valence-electron chi connectivity index (χ2n) is 6.87. The fourth-order valence-corrected chi connectivity index (χ4v) is 3.43. The second kappa shape index (κ2) is 6.30. The molecule has 2 aliphatic heterocycles. The van der Waals surface area contributed by atoms with E-state index in [-0.39, 0.29) is 24.3 Å². The molecule has 0 spiro atoms. The number of rotatable bonds is 3. The van der Waals surface area contributed by atoms with Crippen molar-refractivity contribution in [1.82, 2.24) is 14.7 Å². The molecule has 2 saturated heterocycles. The highest BCUT2D eigenvalue weighted by Gasteiger charge is 2.46. The minimum absolute atomic E-state index is 0.0693. The van der Waals surface area contributed by atoms with Crippen molar-refractivity contribution in [3.05, 3.63) is 24.2 Å². The highest BCUT2D eigenvalue weighted by molar-refractivity contribution is 6.00. The molecule has 0 saturated carbocycles. The molecule has 0 N–H and O–H groups in total. The van der Waals surface area contributed by atoms with Crippen LogP contribution in [0, 0.1) is 5.92 Å². The quantitative estimate of drug-likeness (QED) is 0.821. The van der Waals surface area contributed by atoms with Crippen LogP contribution in [0.1, 0.15) is 31.1 Å². The summed E-state index contributed by atoms with van der Waals surface area (Å²) in [6, 6.07) is 0.407. The van der Waals surface area contributed by atoms with Gasteiger partial charge < -0.3 is 19.1 Å². The van der Waals surface area contributed by atoms with E-state index in [1.165, 1.54) is 17.4 Å². The molecule has 1 aromatic rings. The van der Waals surface area contributed by atoms with Gasteiger partial charge in [-0.25, -0.2) is 0 Å². The van der Waals surface area contributed by atoms with E-state index in [0.717, 1.165) is 0 Å². The number of hydrogen-bond acceptors (Lipinski definition) is 4. The predicted molar refractivity (Wildman–Crippen MR) is 86.1 cm³/mol. The molecule has 130 valence electrons. The van der Waals surface area contributed by atoms with Crippen LogP contribution < -0.4 is 0 Å². The van der Waals surface area contributed by atoms with Crippen LogP contribution in [0.2, 0.25) is 0 Å². The van der Waals surface area contributed by atoms with Crippen molar-refractivity contribution in [1.29, 1.82) is 0 Å². The lowest BCUT2D eigenvalue weighted by atomic mass is 10.0. The van der Waals surface area contributed by atoms with Crippen LogP contribution >= 0.6 is 0 Å². The fourth-order valence-electron chi connectivity index (χ4n) is 3.43. The normalized spacial score (nSPS) is 24.6. The third kappa shape index (κ3) is 2.79. The summed E-state index contributed by atoms with van der Waals surface area (Å²) < 4.78 is 4.96. The van der Waals surface area contributed by atoms with Crippen LogP contribution in [0.5, 0.6) is 0 Å². The monoisotopic (exact) mass is 333 g/mol. The van der Waals surface area contributed by atoms with Gasteiger partial charge >= 0.3 is 0 Å². The number of carbonyl (C=O) groups is 3. The Hall–Kier alpha value is -2.31. The molecule has 3 heterocycles. The lowest BCUT2D eigenvalue weighted by Crippen LogP contribution is -2.70. The molecule has 3 rings (SSSR count). The number of amides is 3. The molecule has 7 heteroatoms. The average molecular weight is 333 g/mol. The van der Waals surface area contributed by atoms with E-state index in [4.69, 9.17) is 4.42 Å². The number of fused-ring (bicyclic) bond motifs is 1. The van der Waals surface area contributed by atoms with Gasteiger partial charge in [-0.1, -0.05) is 13.8 Å². The predicted octanol–water partition coefficient (Wildman–Crippen LogP) is 0.819. The molecule has 0 bridgehead atoms. The number of furan rings is 1. The number of carbonyl (C=O) groups excluding carboxylic acids is 3. The van der Waals surface area contributed by atoms with Gasteiger partial charge in [-0.3, -0.25) is 14.4 Å². The lowest BCUT2D eigenvalue weighted by molar-refractivity contribution is -0.160. The maximum absolute atomic E-state index is 12.8. The van der Waals surface area contributed by atoms with E-state index >= 15 is 0 Å². The zero-order chi connectivity index (χ0) is 17.4. The maximum Gasteiger partial charge on any atom is 0.257 e. The van der Waals surface area contributed by atoms with Crippen molar-refractivity contribution < 1.29 is 18.8 Å². The van der Waals surface area contributed by atoms with Crippen LogP contribution in [-0.4, -0.2) is 70.7 Å². The minimum atomic E-state index is -0.586. The molecule has 0 aromatic carbocycles. The van der Waals surface area contributed by atoms with Crippen LogP contribution in [0.4, 0.5) is 0 Å². The van der Waals surface area contributed by atoms with E-state index < -0.39 is 12.1 Å². The zero-order valence-electron chi connectivity index (χ0n) is 14.3. The minimum Gasteiger partial charge on any atom is -0.472 e. The molecule has 2 atom stereocenters. The van der Waals surface area contributed by atoms with Crippen molar-refractivity contribution in [2.75, 3.05) is 26.2 Å².